The third kappa shape index (κ3) is 25.8. The largest absolute Gasteiger partial charge is 0.396 e. The van der Waals surface area contributed by atoms with Crippen molar-refractivity contribution in [3.63, 3.8) is 0 Å². The zero-order valence-electron chi connectivity index (χ0n) is 11.7. The Morgan fingerprint density at radius 2 is 1.00 bits per heavy atom. The Morgan fingerprint density at radius 1 is 0.647 bits per heavy atom. The van der Waals surface area contributed by atoms with Gasteiger partial charge in [0.05, 0.1) is 6.61 Å². The molecule has 0 unspecified atom stereocenters. The van der Waals surface area contributed by atoms with Crippen LogP contribution in [0.3, 0.4) is 0 Å². The van der Waals surface area contributed by atoms with Gasteiger partial charge >= 0.3 is 0 Å². The number of nitrogens with two attached hydrogens (primary N) is 1. The summed E-state index contributed by atoms with van der Waals surface area (Å²) in [6.45, 7) is 3.10. The lowest BCUT2D eigenvalue weighted by atomic mass is 10.1. The zero-order valence-corrected chi connectivity index (χ0v) is 11.7. The van der Waals surface area contributed by atoms with Crippen molar-refractivity contribution in [1.82, 2.24) is 0 Å². The fourth-order valence-electron chi connectivity index (χ4n) is 1.60. The predicted molar refractivity (Wildman–Crippen MR) is 75.1 cm³/mol. The second kappa shape index (κ2) is 21.2. The zero-order chi connectivity index (χ0) is 13.2. The van der Waals surface area contributed by atoms with Gasteiger partial charge in [-0.15, -0.1) is 0 Å². The predicted octanol–water partition coefficient (Wildman–Crippen LogP) is 2.84. The van der Waals surface area contributed by atoms with Crippen molar-refractivity contribution in [2.24, 2.45) is 5.73 Å². The van der Waals surface area contributed by atoms with Crippen LogP contribution in [0.25, 0.3) is 0 Å². The van der Waals surface area contributed by atoms with Gasteiger partial charge in [0.2, 0.25) is 0 Å². The lowest BCUT2D eigenvalue weighted by molar-refractivity contribution is 0.282. The second-order valence-electron chi connectivity index (χ2n) is 4.42. The van der Waals surface area contributed by atoms with E-state index in [1.54, 1.807) is 0 Å². The number of rotatable bonds is 11. The van der Waals surface area contributed by atoms with Crippen LogP contribution in [0.5, 0.6) is 0 Å². The van der Waals surface area contributed by atoms with Crippen LogP contribution in [0.4, 0.5) is 0 Å². The summed E-state index contributed by atoms with van der Waals surface area (Å²) in [5.74, 6) is 0. The van der Waals surface area contributed by atoms with Crippen LogP contribution in [0.2, 0.25) is 0 Å². The molecule has 0 atom stereocenters. The van der Waals surface area contributed by atoms with Crippen molar-refractivity contribution in [2.45, 2.75) is 71.1 Å². The van der Waals surface area contributed by atoms with Gasteiger partial charge in [-0.2, -0.15) is 0 Å². The molecule has 0 aromatic carbocycles. The van der Waals surface area contributed by atoms with Crippen LogP contribution in [0.1, 0.15) is 71.1 Å². The van der Waals surface area contributed by atoms with Crippen molar-refractivity contribution in [3.8, 4) is 0 Å². The summed E-state index contributed by atoms with van der Waals surface area (Å²) in [7, 11) is 0. The molecule has 17 heavy (non-hydrogen) atoms. The first-order chi connectivity index (χ1) is 8.33. The molecule has 0 bridgehead atoms. The van der Waals surface area contributed by atoms with Crippen LogP contribution in [0, 0.1) is 0 Å². The summed E-state index contributed by atoms with van der Waals surface area (Å²) >= 11 is 0. The molecular weight excluding hydrogens is 214 g/mol. The van der Waals surface area contributed by atoms with Crippen molar-refractivity contribution in [2.75, 3.05) is 19.8 Å². The summed E-state index contributed by atoms with van der Waals surface area (Å²) in [5, 5.41) is 16.3. The molecule has 0 aromatic heterocycles. The molecule has 0 radical (unpaired) electrons. The molecule has 106 valence electrons. The molecule has 0 aliphatic carbocycles. The average Bonchev–Trinajstić information content (AvgIpc) is 2.37. The van der Waals surface area contributed by atoms with Gasteiger partial charge in [0.1, 0.15) is 0 Å². The van der Waals surface area contributed by atoms with E-state index in [1.165, 1.54) is 57.8 Å². The van der Waals surface area contributed by atoms with E-state index < -0.39 is 0 Å². The molecule has 0 aliphatic heterocycles. The van der Waals surface area contributed by atoms with Crippen molar-refractivity contribution in [3.05, 3.63) is 0 Å². The van der Waals surface area contributed by atoms with Crippen LogP contribution < -0.4 is 5.73 Å². The van der Waals surface area contributed by atoms with Crippen molar-refractivity contribution in [1.29, 1.82) is 0 Å². The molecular formula is C14H33NO2. The Balaban J connectivity index is 0. The topological polar surface area (TPSA) is 66.5 Å². The average molecular weight is 247 g/mol. The molecule has 3 heteroatoms. The van der Waals surface area contributed by atoms with Gasteiger partial charge in [-0.25, -0.2) is 0 Å². The first-order valence-electron chi connectivity index (χ1n) is 7.25. The summed E-state index contributed by atoms with van der Waals surface area (Å²) in [4.78, 5) is 0. The smallest absolute Gasteiger partial charge is 0.0553 e. The lowest BCUT2D eigenvalue weighted by Crippen LogP contribution is -2.02. The van der Waals surface area contributed by atoms with E-state index in [4.69, 9.17) is 15.9 Å². The molecule has 4 N–H and O–H groups in total. The quantitative estimate of drug-likeness (QED) is 0.492. The fourth-order valence-corrected chi connectivity index (χ4v) is 1.60. The summed E-state index contributed by atoms with van der Waals surface area (Å²) in [6, 6.07) is 0. The molecule has 0 amide bonds. The number of aliphatic hydroxyl groups is 2. The van der Waals surface area contributed by atoms with Gasteiger partial charge in [-0.05, 0) is 6.42 Å². The van der Waals surface area contributed by atoms with Crippen LogP contribution in [0.15, 0.2) is 0 Å². The Hall–Kier alpha value is -0.120. The van der Waals surface area contributed by atoms with Crippen molar-refractivity contribution >= 4 is 0 Å². The molecule has 0 heterocycles. The van der Waals surface area contributed by atoms with Gasteiger partial charge in [-0.3, -0.25) is 0 Å². The summed E-state index contributed by atoms with van der Waals surface area (Å²) < 4.78 is 0. The van der Waals surface area contributed by atoms with Crippen LogP contribution in [-0.2, 0) is 0 Å². The molecule has 0 rings (SSSR count). The summed E-state index contributed by atoms with van der Waals surface area (Å²) in [6.07, 6.45) is 13.3. The Kier molecular flexibility index (Phi) is 24.0. The van der Waals surface area contributed by atoms with Gasteiger partial charge in [-0.1, -0.05) is 64.7 Å². The van der Waals surface area contributed by atoms with E-state index in [9.17, 15) is 0 Å². The molecule has 0 aliphatic rings. The maximum atomic E-state index is 8.57. The molecule has 0 aromatic rings. The normalized spacial score (nSPS) is 9.88. The minimum atomic E-state index is 0.0972. The van der Waals surface area contributed by atoms with Gasteiger partial charge in [0.15, 0.2) is 0 Å². The van der Waals surface area contributed by atoms with E-state index >= 15 is 0 Å². The van der Waals surface area contributed by atoms with E-state index in [2.05, 4.69) is 6.92 Å². The number of unbranched alkanes of at least 4 members (excludes halogenated alkanes) is 9. The van der Waals surface area contributed by atoms with Gasteiger partial charge in [0.25, 0.3) is 0 Å². The van der Waals surface area contributed by atoms with E-state index in [1.807, 2.05) is 0 Å². The minimum Gasteiger partial charge on any atom is -0.396 e. The summed E-state index contributed by atoms with van der Waals surface area (Å²) in [5.41, 5.74) is 4.78. The highest BCUT2D eigenvalue weighted by Crippen LogP contribution is 2.09. The molecule has 3 nitrogen and oxygen atoms in total. The van der Waals surface area contributed by atoms with Crippen LogP contribution in [-0.4, -0.2) is 30.0 Å². The monoisotopic (exact) mass is 247 g/mol. The third-order valence-electron chi connectivity index (χ3n) is 2.64. The fraction of sp³-hybridized carbons (Fsp3) is 1.00. The van der Waals surface area contributed by atoms with Gasteiger partial charge < -0.3 is 15.9 Å². The Morgan fingerprint density at radius 3 is 1.29 bits per heavy atom. The van der Waals surface area contributed by atoms with Gasteiger partial charge in [0, 0.05) is 13.2 Å². The molecule has 0 saturated carbocycles. The first kappa shape index (κ1) is 19.2. The maximum absolute atomic E-state index is 8.57. The van der Waals surface area contributed by atoms with Crippen molar-refractivity contribution < 1.29 is 10.2 Å². The first-order valence-corrected chi connectivity index (χ1v) is 7.25. The van der Waals surface area contributed by atoms with E-state index in [0.717, 1.165) is 6.42 Å². The Bertz CT molecular complexity index is 98.4. The maximum Gasteiger partial charge on any atom is 0.0553 e. The third-order valence-corrected chi connectivity index (χ3v) is 2.64. The standard InChI is InChI=1S/C12H26O.C2H7NO/c1-2-3-4-5-6-7-8-9-10-11-12-13;3-1-2-4/h13H,2-12H2,1H3;4H,1-3H2. The Labute approximate surface area is 107 Å². The number of aliphatic hydroxyl groups excluding tert-OH is 2. The van der Waals surface area contributed by atoms with E-state index in [-0.39, 0.29) is 6.61 Å². The lowest BCUT2D eigenvalue weighted by Gasteiger charge is -2.00. The highest BCUT2D eigenvalue weighted by molar-refractivity contribution is 4.46. The van der Waals surface area contributed by atoms with Crippen LogP contribution >= 0.6 is 0 Å². The van der Waals surface area contributed by atoms with E-state index in [0.29, 0.717) is 13.2 Å². The highest BCUT2D eigenvalue weighted by Gasteiger charge is 1.91. The SMILES string of the molecule is CCCCCCCCCCCCO.NCCO. The molecule has 0 fully saturated rings. The highest BCUT2D eigenvalue weighted by atomic mass is 16.3. The molecule has 0 spiro atoms. The number of hydrogen-bond donors (Lipinski definition) is 3. The second-order valence-corrected chi connectivity index (χ2v) is 4.42. The molecule has 0 saturated heterocycles. The minimum absolute atomic E-state index is 0.0972. The number of hydrogen-bond acceptors (Lipinski definition) is 3.